The van der Waals surface area contributed by atoms with Crippen LogP contribution in [0.2, 0.25) is 0 Å². The highest BCUT2D eigenvalue weighted by molar-refractivity contribution is 7.23. The van der Waals surface area contributed by atoms with Crippen molar-refractivity contribution in [3.63, 3.8) is 0 Å². The number of fused-ring (bicyclic) bond motifs is 2. The van der Waals surface area contributed by atoms with Crippen LogP contribution in [0.5, 0.6) is 5.75 Å². The molecule has 0 unspecified atom stereocenters. The minimum Gasteiger partial charge on any atom is -0.494 e. The zero-order chi connectivity index (χ0) is 24.4. The zero-order valence-electron chi connectivity index (χ0n) is 19.8. The normalized spacial score (nSPS) is 13.0. The molecule has 0 radical (unpaired) electrons. The number of nitrogens with one attached hydrogen (secondary N) is 1. The number of amides is 2. The largest absolute Gasteiger partial charge is 0.494 e. The summed E-state index contributed by atoms with van der Waals surface area (Å²) in [6.07, 6.45) is 2.82. The Morgan fingerprint density at radius 3 is 2.66 bits per heavy atom. The SMILES string of the molecule is CCCCOc1ccc(C(=O)Nc2sc3c(c2-c2nc4ccccc4s2)CCN(C(C)=O)C3)cc1. The number of rotatable bonds is 7. The van der Waals surface area contributed by atoms with Crippen LogP contribution in [-0.2, 0) is 17.8 Å². The van der Waals surface area contributed by atoms with Crippen LogP contribution in [0.3, 0.4) is 0 Å². The Kier molecular flexibility index (Phi) is 6.83. The third kappa shape index (κ3) is 4.94. The van der Waals surface area contributed by atoms with Crippen molar-refractivity contribution < 1.29 is 14.3 Å². The summed E-state index contributed by atoms with van der Waals surface area (Å²) in [7, 11) is 0. The predicted octanol–water partition coefficient (Wildman–Crippen LogP) is 6.36. The van der Waals surface area contributed by atoms with Crippen molar-refractivity contribution in [2.45, 2.75) is 39.7 Å². The number of para-hydroxylation sites is 1. The zero-order valence-corrected chi connectivity index (χ0v) is 21.4. The molecule has 0 bridgehead atoms. The maximum atomic E-state index is 13.2. The second kappa shape index (κ2) is 10.2. The van der Waals surface area contributed by atoms with Crippen molar-refractivity contribution in [2.24, 2.45) is 0 Å². The molecule has 180 valence electrons. The molecule has 5 rings (SSSR count). The van der Waals surface area contributed by atoms with Crippen molar-refractivity contribution >= 4 is 49.7 Å². The lowest BCUT2D eigenvalue weighted by Crippen LogP contribution is -2.33. The van der Waals surface area contributed by atoms with Gasteiger partial charge in [0.2, 0.25) is 5.91 Å². The van der Waals surface area contributed by atoms with E-state index in [1.165, 1.54) is 5.56 Å². The molecular weight excluding hydrogens is 478 g/mol. The van der Waals surface area contributed by atoms with Gasteiger partial charge in [0.1, 0.15) is 15.8 Å². The van der Waals surface area contributed by atoms with Gasteiger partial charge >= 0.3 is 0 Å². The Hall–Kier alpha value is -3.23. The summed E-state index contributed by atoms with van der Waals surface area (Å²) in [5.74, 6) is 0.660. The molecule has 1 aliphatic heterocycles. The molecule has 3 heterocycles. The van der Waals surface area contributed by atoms with Crippen LogP contribution in [-0.4, -0.2) is 34.8 Å². The second-order valence-corrected chi connectivity index (χ2v) is 10.7. The van der Waals surface area contributed by atoms with Gasteiger partial charge in [-0.15, -0.1) is 22.7 Å². The molecule has 2 aromatic carbocycles. The fourth-order valence-corrected chi connectivity index (χ4v) is 6.55. The topological polar surface area (TPSA) is 71.5 Å². The van der Waals surface area contributed by atoms with E-state index in [0.29, 0.717) is 25.3 Å². The number of aromatic nitrogens is 1. The van der Waals surface area contributed by atoms with E-state index in [4.69, 9.17) is 9.72 Å². The first-order valence-electron chi connectivity index (χ1n) is 11.8. The first kappa shape index (κ1) is 23.5. The van der Waals surface area contributed by atoms with Crippen LogP contribution in [0.15, 0.2) is 48.5 Å². The minimum atomic E-state index is -0.172. The first-order chi connectivity index (χ1) is 17.0. The summed E-state index contributed by atoms with van der Waals surface area (Å²) < 4.78 is 6.83. The third-order valence-corrected chi connectivity index (χ3v) is 8.31. The molecule has 2 aromatic heterocycles. The Bertz CT molecular complexity index is 1340. The van der Waals surface area contributed by atoms with E-state index >= 15 is 0 Å². The molecule has 0 aliphatic carbocycles. The van der Waals surface area contributed by atoms with Crippen LogP contribution < -0.4 is 10.1 Å². The van der Waals surface area contributed by atoms with Gasteiger partial charge in [-0.05, 0) is 54.8 Å². The lowest BCUT2D eigenvalue weighted by Gasteiger charge is -2.26. The molecule has 1 N–H and O–H groups in total. The van der Waals surface area contributed by atoms with Gasteiger partial charge in [-0.25, -0.2) is 4.98 Å². The molecule has 4 aromatic rings. The van der Waals surface area contributed by atoms with E-state index in [1.54, 1.807) is 41.7 Å². The molecule has 6 nitrogen and oxygen atoms in total. The minimum absolute atomic E-state index is 0.0671. The van der Waals surface area contributed by atoms with Gasteiger partial charge in [0, 0.05) is 29.5 Å². The molecule has 8 heteroatoms. The van der Waals surface area contributed by atoms with Crippen molar-refractivity contribution in [3.05, 3.63) is 64.5 Å². The summed E-state index contributed by atoms with van der Waals surface area (Å²) in [5, 5.41) is 4.83. The second-order valence-electron chi connectivity index (χ2n) is 8.57. The average molecular weight is 506 g/mol. The maximum absolute atomic E-state index is 13.2. The lowest BCUT2D eigenvalue weighted by molar-refractivity contribution is -0.129. The van der Waals surface area contributed by atoms with E-state index < -0.39 is 0 Å². The van der Waals surface area contributed by atoms with Gasteiger partial charge in [-0.1, -0.05) is 25.5 Å². The van der Waals surface area contributed by atoms with Crippen LogP contribution in [0.25, 0.3) is 20.8 Å². The van der Waals surface area contributed by atoms with Crippen LogP contribution >= 0.6 is 22.7 Å². The number of benzene rings is 2. The van der Waals surface area contributed by atoms with Crippen molar-refractivity contribution in [1.82, 2.24) is 9.88 Å². The summed E-state index contributed by atoms with van der Waals surface area (Å²) in [6, 6.07) is 15.3. The number of thiazole rings is 1. The van der Waals surface area contributed by atoms with E-state index in [0.717, 1.165) is 55.7 Å². The monoisotopic (exact) mass is 505 g/mol. The van der Waals surface area contributed by atoms with Crippen molar-refractivity contribution in [2.75, 3.05) is 18.5 Å². The highest BCUT2D eigenvalue weighted by Gasteiger charge is 2.28. The number of carbonyl (C=O) groups excluding carboxylic acids is 2. The fourth-order valence-electron chi connectivity index (χ4n) is 4.18. The average Bonchev–Trinajstić information content (AvgIpc) is 3.44. The molecule has 35 heavy (non-hydrogen) atoms. The number of nitrogens with zero attached hydrogens (tertiary/aromatic N) is 2. The maximum Gasteiger partial charge on any atom is 0.256 e. The van der Waals surface area contributed by atoms with Gasteiger partial charge in [-0.3, -0.25) is 9.59 Å². The van der Waals surface area contributed by atoms with E-state index in [2.05, 4.69) is 18.3 Å². The number of carbonyl (C=O) groups is 2. The molecule has 0 spiro atoms. The molecule has 0 saturated heterocycles. The smallest absolute Gasteiger partial charge is 0.256 e. The van der Waals surface area contributed by atoms with E-state index in [-0.39, 0.29) is 11.8 Å². The Labute approximate surface area is 212 Å². The summed E-state index contributed by atoms with van der Waals surface area (Å²) in [4.78, 5) is 33.0. The summed E-state index contributed by atoms with van der Waals surface area (Å²) >= 11 is 3.17. The van der Waals surface area contributed by atoms with Crippen LogP contribution in [0.1, 0.15) is 47.5 Å². The Balaban J connectivity index is 1.46. The quantitative estimate of drug-likeness (QED) is 0.297. The third-order valence-electron chi connectivity index (χ3n) is 6.12. The van der Waals surface area contributed by atoms with E-state index in [1.807, 2.05) is 35.2 Å². The number of hydrogen-bond donors (Lipinski definition) is 1. The lowest BCUT2D eigenvalue weighted by atomic mass is 10.0. The number of unbranched alkanes of at least 4 members (excludes halogenated alkanes) is 1. The number of ether oxygens (including phenoxy) is 1. The van der Waals surface area contributed by atoms with Gasteiger partial charge in [0.15, 0.2) is 0 Å². The number of hydrogen-bond acceptors (Lipinski definition) is 6. The highest BCUT2D eigenvalue weighted by atomic mass is 32.1. The van der Waals surface area contributed by atoms with Gasteiger partial charge in [-0.2, -0.15) is 0 Å². The van der Waals surface area contributed by atoms with Gasteiger partial charge in [0.25, 0.3) is 5.91 Å². The van der Waals surface area contributed by atoms with E-state index in [9.17, 15) is 9.59 Å². The number of thiophene rings is 1. The van der Waals surface area contributed by atoms with Crippen molar-refractivity contribution in [1.29, 1.82) is 0 Å². The number of anilines is 1. The van der Waals surface area contributed by atoms with Crippen LogP contribution in [0, 0.1) is 0 Å². The standard InChI is InChI=1S/C27H27N3O3S2/c1-3-4-15-33-19-11-9-18(10-12-19)25(32)29-27-24(26-28-21-7-5-6-8-22(21)34-26)20-13-14-30(17(2)31)16-23(20)35-27/h5-12H,3-4,13-16H2,1-2H3,(H,29,32). The molecule has 0 fully saturated rings. The molecule has 1 aliphatic rings. The molecule has 2 amide bonds. The fraction of sp³-hybridized carbons (Fsp3) is 0.296. The van der Waals surface area contributed by atoms with Crippen molar-refractivity contribution in [3.8, 4) is 16.3 Å². The predicted molar refractivity (Wildman–Crippen MR) is 143 cm³/mol. The van der Waals surface area contributed by atoms with Gasteiger partial charge in [0.05, 0.1) is 23.4 Å². The summed E-state index contributed by atoms with van der Waals surface area (Å²) in [5.41, 5.74) is 3.69. The first-order valence-corrected chi connectivity index (χ1v) is 13.5. The molecule has 0 atom stereocenters. The highest BCUT2D eigenvalue weighted by Crippen LogP contribution is 2.45. The van der Waals surface area contributed by atoms with Gasteiger partial charge < -0.3 is 15.0 Å². The molecule has 0 saturated carbocycles. The van der Waals surface area contributed by atoms with Crippen LogP contribution in [0.4, 0.5) is 5.00 Å². The Morgan fingerprint density at radius 2 is 1.91 bits per heavy atom. The Morgan fingerprint density at radius 1 is 1.11 bits per heavy atom. The summed E-state index contributed by atoms with van der Waals surface area (Å²) in [6.45, 7) is 5.63. The molecular formula is C27H27N3O3S2.